The molecular formula is C55H67N9O14S2. The number of hydrogen-bond acceptors (Lipinski definition) is 14. The Balaban J connectivity index is 1.51. The standard InChI is InChI=1S/C55H67N9O14S2/c1-2-3-11-46(67)58-43-32-80-31-36-14-12-35(13-15-36)30-79-26-24-57-49(72)38(20-22-47(68)69)59-50(73)39(21-23-48(70)71)60-51(74)41(27-33-8-5-4-6-9-33)62-54(77)44-10-7-25-64(44)55(78)42(29-45(56)66)63-52(75)40(61-53(43)76)28-34-16-18-37(65)19-17-34/h1,4-6,8-9,12-19,38-44,65H,3,7,10-11,20-32H2,(H2,56,66)(H,57,72)(H,58,67)(H,59,73)(H,60,74)(H,61,76)(H,62,77)(H,63,75)(H,68,69)(H,70,71)/t38-,39-,40-,41-,42-,43-,44-/m0/s1. The van der Waals surface area contributed by atoms with E-state index in [0.29, 0.717) is 28.4 Å². The predicted molar refractivity (Wildman–Crippen MR) is 296 cm³/mol. The number of carboxylic acid groups (broad SMARTS) is 2. The molecule has 12 N–H and O–H groups in total. The van der Waals surface area contributed by atoms with Crippen LogP contribution in [0.3, 0.4) is 0 Å². The second-order valence-electron chi connectivity index (χ2n) is 19.1. The van der Waals surface area contributed by atoms with E-state index in [2.05, 4.69) is 43.1 Å². The fourth-order valence-electron chi connectivity index (χ4n) is 8.69. The number of aliphatic carboxylic acids is 2. The zero-order chi connectivity index (χ0) is 58.1. The summed E-state index contributed by atoms with van der Waals surface area (Å²) in [4.78, 5) is 150. The molecule has 80 heavy (non-hydrogen) atoms. The van der Waals surface area contributed by atoms with Crippen molar-refractivity contribution in [3.8, 4) is 18.1 Å². The average Bonchev–Trinajstić information content (AvgIpc) is 3.95. The van der Waals surface area contributed by atoms with Gasteiger partial charge in [0.25, 0.3) is 0 Å². The third-order valence-corrected chi connectivity index (χ3v) is 15.0. The summed E-state index contributed by atoms with van der Waals surface area (Å²) in [7, 11) is 0. The molecule has 6 rings (SSSR count). The molecule has 23 nitrogen and oxygen atoms in total. The van der Waals surface area contributed by atoms with E-state index in [9.17, 15) is 68.1 Å². The van der Waals surface area contributed by atoms with E-state index < -0.39 is 133 Å². The third-order valence-electron chi connectivity index (χ3n) is 12.9. The lowest BCUT2D eigenvalue weighted by atomic mass is 10.0. The van der Waals surface area contributed by atoms with Crippen LogP contribution in [0.1, 0.15) is 80.0 Å². The number of terminal acetylenes is 1. The molecule has 0 spiro atoms. The number of phenols is 1. The van der Waals surface area contributed by atoms with Crippen molar-refractivity contribution >= 4 is 88.6 Å². The first kappa shape index (κ1) is 62.7. The van der Waals surface area contributed by atoms with Gasteiger partial charge in [-0.05, 0) is 60.1 Å². The van der Waals surface area contributed by atoms with Crippen LogP contribution < -0.4 is 43.0 Å². The summed E-state index contributed by atoms with van der Waals surface area (Å²) in [6.07, 6.45) is 2.57. The highest BCUT2D eigenvalue weighted by atomic mass is 32.2. The highest BCUT2D eigenvalue weighted by Gasteiger charge is 2.41. The Morgan fingerprint density at radius 1 is 0.650 bits per heavy atom. The molecule has 3 aliphatic rings. The molecule has 0 saturated carbocycles. The Hall–Kier alpha value is -8.11. The Kier molecular flexibility index (Phi) is 25.2. The third kappa shape index (κ3) is 20.9. The summed E-state index contributed by atoms with van der Waals surface area (Å²) < 4.78 is 0. The molecule has 0 unspecified atom stereocenters. The van der Waals surface area contributed by atoms with E-state index in [1.165, 1.54) is 47.8 Å². The topological polar surface area (TPSA) is 362 Å². The molecule has 3 aromatic carbocycles. The number of rotatable bonds is 15. The molecule has 2 bridgehead atoms. The first-order valence-corrected chi connectivity index (χ1v) is 28.2. The summed E-state index contributed by atoms with van der Waals surface area (Å²) in [5, 5.41) is 47.5. The van der Waals surface area contributed by atoms with Crippen molar-refractivity contribution in [3.63, 3.8) is 0 Å². The number of benzene rings is 3. The summed E-state index contributed by atoms with van der Waals surface area (Å²) in [6, 6.07) is 11.5. The number of primary amides is 1. The lowest BCUT2D eigenvalue weighted by molar-refractivity contribution is -0.143. The number of phenolic OH excluding ortho intramolecular Hbond substituents is 1. The molecule has 0 aliphatic carbocycles. The average molecular weight is 1140 g/mol. The summed E-state index contributed by atoms with van der Waals surface area (Å²) in [5.74, 6) is -6.61. The minimum atomic E-state index is -1.69. The summed E-state index contributed by atoms with van der Waals surface area (Å²) in [6.45, 7) is 0.0603. The molecule has 1 saturated heterocycles. The zero-order valence-electron chi connectivity index (χ0n) is 43.8. The van der Waals surface area contributed by atoms with Crippen LogP contribution in [-0.2, 0) is 77.1 Å². The van der Waals surface area contributed by atoms with Crippen LogP contribution in [0.15, 0.2) is 78.9 Å². The van der Waals surface area contributed by atoms with Crippen LogP contribution in [0.4, 0.5) is 0 Å². The molecule has 0 radical (unpaired) electrons. The van der Waals surface area contributed by atoms with Crippen LogP contribution in [0.5, 0.6) is 5.75 Å². The molecule has 25 heteroatoms. The molecule has 428 valence electrons. The molecule has 3 heterocycles. The SMILES string of the molecule is C#CCCC(=O)N[C@H]1CSCc2ccc(cc2)CSCCNC(=O)[C@H](CCC(=O)O)NC(=O)[C@H](CCC(=O)O)NC(=O)[C@H](Cc2ccccc2)NC(=O)[C@@H]2CCCN2C(=O)[C@H](CC(N)=O)NC(=O)[C@H](Cc2ccc(O)cc2)NC1=O. The quantitative estimate of drug-likeness (QED) is 0.0724. The van der Waals surface area contributed by atoms with E-state index in [-0.39, 0.29) is 69.5 Å². The molecule has 3 aromatic rings. The smallest absolute Gasteiger partial charge is 0.303 e. The van der Waals surface area contributed by atoms with Crippen molar-refractivity contribution in [2.24, 2.45) is 5.73 Å². The summed E-state index contributed by atoms with van der Waals surface area (Å²) in [5.41, 5.74) is 8.44. The van der Waals surface area contributed by atoms with Gasteiger partial charge in [0, 0.05) is 74.6 Å². The second kappa shape index (κ2) is 32.1. The number of carbonyl (C=O) groups excluding carboxylic acids is 9. The number of carboxylic acids is 2. The molecule has 0 aromatic heterocycles. The number of nitrogens with two attached hydrogens (primary N) is 1. The van der Waals surface area contributed by atoms with Crippen LogP contribution in [0, 0.1) is 12.3 Å². The van der Waals surface area contributed by atoms with E-state index in [4.69, 9.17) is 12.2 Å². The Morgan fingerprint density at radius 2 is 1.18 bits per heavy atom. The maximum atomic E-state index is 14.6. The molecule has 7 atom stereocenters. The molecular weight excluding hydrogens is 1070 g/mol. The maximum absolute atomic E-state index is 14.6. The van der Waals surface area contributed by atoms with Gasteiger partial charge >= 0.3 is 11.9 Å². The minimum absolute atomic E-state index is 0.0334. The van der Waals surface area contributed by atoms with E-state index >= 15 is 0 Å². The van der Waals surface area contributed by atoms with Gasteiger partial charge in [-0.25, -0.2) is 0 Å². The maximum Gasteiger partial charge on any atom is 0.303 e. The molecule has 3 aliphatic heterocycles. The lowest BCUT2D eigenvalue weighted by Gasteiger charge is -2.31. The van der Waals surface area contributed by atoms with Crippen molar-refractivity contribution in [1.29, 1.82) is 0 Å². The highest BCUT2D eigenvalue weighted by Crippen LogP contribution is 2.22. The fraction of sp³-hybridized carbons (Fsp3) is 0.436. The number of nitrogens with zero attached hydrogens (tertiary/aromatic N) is 1. The Morgan fingerprint density at radius 3 is 1.75 bits per heavy atom. The van der Waals surface area contributed by atoms with Gasteiger partial charge in [0.15, 0.2) is 0 Å². The van der Waals surface area contributed by atoms with Gasteiger partial charge in [-0.2, -0.15) is 23.5 Å². The molecule has 9 amide bonds. The van der Waals surface area contributed by atoms with Crippen LogP contribution >= 0.6 is 23.5 Å². The number of amides is 9. The number of aromatic hydroxyl groups is 1. The highest BCUT2D eigenvalue weighted by molar-refractivity contribution is 7.98. The second-order valence-corrected chi connectivity index (χ2v) is 21.2. The minimum Gasteiger partial charge on any atom is -0.508 e. The van der Waals surface area contributed by atoms with Gasteiger partial charge in [-0.15, -0.1) is 12.3 Å². The number of thioether (sulfide) groups is 2. The van der Waals surface area contributed by atoms with Gasteiger partial charge in [0.2, 0.25) is 53.2 Å². The number of fused-ring (bicyclic) bond motifs is 26. The number of hydrogen-bond donors (Lipinski definition) is 11. The van der Waals surface area contributed by atoms with Crippen molar-refractivity contribution < 1.29 is 68.1 Å². The Labute approximate surface area is 470 Å². The first-order valence-electron chi connectivity index (χ1n) is 25.9. The van der Waals surface area contributed by atoms with E-state index in [1.54, 1.807) is 30.3 Å². The number of carbonyl (C=O) groups is 11. The van der Waals surface area contributed by atoms with Crippen molar-refractivity contribution in [3.05, 3.63) is 101 Å². The van der Waals surface area contributed by atoms with E-state index in [0.717, 1.165) is 16.0 Å². The first-order chi connectivity index (χ1) is 38.3. The lowest BCUT2D eigenvalue weighted by Crippen LogP contribution is -2.60. The Bertz CT molecular complexity index is 2730. The van der Waals surface area contributed by atoms with Crippen LogP contribution in [0.25, 0.3) is 0 Å². The van der Waals surface area contributed by atoms with Gasteiger partial charge in [-0.3, -0.25) is 52.7 Å². The van der Waals surface area contributed by atoms with Gasteiger partial charge in [-0.1, -0.05) is 66.7 Å². The van der Waals surface area contributed by atoms with Crippen molar-refractivity contribution in [2.45, 2.75) is 124 Å². The predicted octanol–water partition coefficient (Wildman–Crippen LogP) is 0.392. The van der Waals surface area contributed by atoms with Crippen LogP contribution in [0.2, 0.25) is 0 Å². The normalized spacial score (nSPS) is 22.5. The summed E-state index contributed by atoms with van der Waals surface area (Å²) >= 11 is 2.79. The van der Waals surface area contributed by atoms with Crippen LogP contribution in [-0.4, -0.2) is 152 Å². The largest absolute Gasteiger partial charge is 0.508 e. The van der Waals surface area contributed by atoms with E-state index in [1.807, 2.05) is 24.3 Å². The molecule has 1 fully saturated rings. The fourth-order valence-corrected chi connectivity index (χ4v) is 10.5. The van der Waals surface area contributed by atoms with Crippen molar-refractivity contribution in [1.82, 2.24) is 42.1 Å². The van der Waals surface area contributed by atoms with Gasteiger partial charge < -0.3 is 63.2 Å². The number of nitrogens with one attached hydrogen (secondary N) is 7. The van der Waals surface area contributed by atoms with Gasteiger partial charge in [0.05, 0.1) is 6.42 Å². The van der Waals surface area contributed by atoms with Gasteiger partial charge in [0.1, 0.15) is 48.0 Å². The van der Waals surface area contributed by atoms with Crippen molar-refractivity contribution in [2.75, 3.05) is 24.6 Å². The monoisotopic (exact) mass is 1140 g/mol. The zero-order valence-corrected chi connectivity index (χ0v) is 45.5.